The topological polar surface area (TPSA) is 57.6 Å². The van der Waals surface area contributed by atoms with E-state index in [1.807, 2.05) is 55.5 Å². The third kappa shape index (κ3) is 4.36. The lowest BCUT2D eigenvalue weighted by molar-refractivity contribution is -0.138. The predicted molar refractivity (Wildman–Crippen MR) is 95.2 cm³/mol. The zero-order valence-electron chi connectivity index (χ0n) is 13.7. The molecule has 2 aromatic carbocycles. The van der Waals surface area contributed by atoms with Crippen LogP contribution in [-0.4, -0.2) is 35.5 Å². The number of carbonyl (C=O) groups excluding carboxylic acids is 1. The normalized spacial score (nSPS) is 11.8. The van der Waals surface area contributed by atoms with Crippen LogP contribution in [0.3, 0.4) is 0 Å². The maximum atomic E-state index is 12.4. The summed E-state index contributed by atoms with van der Waals surface area (Å²) in [4.78, 5) is 24.5. The first-order valence-electron chi connectivity index (χ1n) is 7.71. The number of hydrogen-bond donors (Lipinski definition) is 1. The molecule has 0 aliphatic carbocycles. The van der Waals surface area contributed by atoms with Crippen molar-refractivity contribution in [1.29, 1.82) is 0 Å². The zero-order valence-corrected chi connectivity index (χ0v) is 14.5. The van der Waals surface area contributed by atoms with Gasteiger partial charge in [-0.2, -0.15) is 0 Å². The third-order valence-electron chi connectivity index (χ3n) is 4.00. The molecule has 0 radical (unpaired) electrons. The highest BCUT2D eigenvalue weighted by molar-refractivity contribution is 6.33. The second kappa shape index (κ2) is 7.97. The van der Waals surface area contributed by atoms with E-state index in [1.165, 1.54) is 4.90 Å². The molecule has 126 valence electrons. The van der Waals surface area contributed by atoms with Gasteiger partial charge in [-0.25, -0.2) is 0 Å². The third-order valence-corrected chi connectivity index (χ3v) is 4.33. The summed E-state index contributed by atoms with van der Waals surface area (Å²) >= 11 is 6.20. The van der Waals surface area contributed by atoms with Crippen molar-refractivity contribution >= 4 is 23.5 Å². The summed E-state index contributed by atoms with van der Waals surface area (Å²) < 4.78 is 0. The Bertz CT molecular complexity index is 728. The molecule has 0 spiro atoms. The van der Waals surface area contributed by atoms with Gasteiger partial charge in [0.1, 0.15) is 0 Å². The number of rotatable bonds is 6. The predicted octanol–water partition coefficient (Wildman–Crippen LogP) is 4.04. The Labute approximate surface area is 146 Å². The maximum Gasteiger partial charge on any atom is 0.305 e. The van der Waals surface area contributed by atoms with E-state index in [9.17, 15) is 9.59 Å². The van der Waals surface area contributed by atoms with Crippen molar-refractivity contribution in [2.75, 3.05) is 13.6 Å². The largest absolute Gasteiger partial charge is 0.481 e. The van der Waals surface area contributed by atoms with E-state index in [1.54, 1.807) is 7.05 Å². The summed E-state index contributed by atoms with van der Waals surface area (Å²) in [7, 11) is 1.62. The van der Waals surface area contributed by atoms with Gasteiger partial charge in [-0.1, -0.05) is 54.1 Å². The van der Waals surface area contributed by atoms with Crippen LogP contribution in [0.5, 0.6) is 0 Å². The van der Waals surface area contributed by atoms with Crippen LogP contribution >= 0.6 is 11.6 Å². The van der Waals surface area contributed by atoms with Crippen molar-refractivity contribution < 1.29 is 14.7 Å². The molecule has 0 aliphatic heterocycles. The fraction of sp³-hybridized carbons (Fsp3) is 0.263. The Hall–Kier alpha value is -2.33. The molecule has 2 aromatic rings. The Balaban J connectivity index is 2.11. The SMILES string of the molecule is CC(C(=O)N(C)CCC(=O)O)c1ccc(-c2ccccc2Cl)cc1. The molecule has 0 heterocycles. The van der Waals surface area contributed by atoms with Gasteiger partial charge in [-0.3, -0.25) is 9.59 Å². The molecule has 2 rings (SSSR count). The standard InChI is InChI=1S/C19H20ClNO3/c1-13(19(24)21(2)12-11-18(22)23)14-7-9-15(10-8-14)16-5-3-4-6-17(16)20/h3-10,13H,11-12H2,1-2H3,(H,22,23). The number of benzene rings is 2. The van der Waals surface area contributed by atoms with Crippen LogP contribution in [0, 0.1) is 0 Å². The summed E-state index contributed by atoms with van der Waals surface area (Å²) in [5.74, 6) is -1.34. The Kier molecular flexibility index (Phi) is 5.99. The van der Waals surface area contributed by atoms with Gasteiger partial charge in [0.15, 0.2) is 0 Å². The number of likely N-dealkylation sites (N-methyl/N-ethyl adjacent to an activating group) is 1. The molecular formula is C19H20ClNO3. The van der Waals surface area contributed by atoms with Crippen molar-refractivity contribution in [3.63, 3.8) is 0 Å². The van der Waals surface area contributed by atoms with Crippen LogP contribution in [0.2, 0.25) is 5.02 Å². The molecule has 0 saturated carbocycles. The van der Waals surface area contributed by atoms with Crippen LogP contribution in [0.25, 0.3) is 11.1 Å². The van der Waals surface area contributed by atoms with Gasteiger partial charge in [0.2, 0.25) is 5.91 Å². The van der Waals surface area contributed by atoms with E-state index >= 15 is 0 Å². The molecule has 1 unspecified atom stereocenters. The summed E-state index contributed by atoms with van der Waals surface area (Å²) in [5, 5.41) is 9.40. The molecule has 1 atom stereocenters. The Morgan fingerprint density at radius 2 is 1.75 bits per heavy atom. The minimum Gasteiger partial charge on any atom is -0.481 e. The number of carboxylic acids is 1. The first-order valence-corrected chi connectivity index (χ1v) is 8.09. The highest BCUT2D eigenvalue weighted by Gasteiger charge is 2.19. The molecule has 0 bridgehead atoms. The van der Waals surface area contributed by atoms with Gasteiger partial charge in [-0.15, -0.1) is 0 Å². The van der Waals surface area contributed by atoms with Crippen molar-refractivity contribution in [2.24, 2.45) is 0 Å². The summed E-state index contributed by atoms with van der Waals surface area (Å²) in [6.45, 7) is 2.03. The van der Waals surface area contributed by atoms with E-state index in [-0.39, 0.29) is 24.8 Å². The fourth-order valence-corrected chi connectivity index (χ4v) is 2.74. The average Bonchev–Trinajstić information content (AvgIpc) is 2.59. The monoisotopic (exact) mass is 345 g/mol. The van der Waals surface area contributed by atoms with E-state index in [4.69, 9.17) is 16.7 Å². The van der Waals surface area contributed by atoms with Crippen LogP contribution in [0.4, 0.5) is 0 Å². The number of carboxylic acid groups (broad SMARTS) is 1. The van der Waals surface area contributed by atoms with Crippen molar-refractivity contribution in [3.05, 3.63) is 59.1 Å². The van der Waals surface area contributed by atoms with Gasteiger partial charge < -0.3 is 10.0 Å². The second-order valence-electron chi connectivity index (χ2n) is 5.73. The van der Waals surface area contributed by atoms with Crippen molar-refractivity contribution in [2.45, 2.75) is 19.3 Å². The number of carbonyl (C=O) groups is 2. The quantitative estimate of drug-likeness (QED) is 0.859. The van der Waals surface area contributed by atoms with E-state index in [2.05, 4.69) is 0 Å². The van der Waals surface area contributed by atoms with E-state index < -0.39 is 5.97 Å². The summed E-state index contributed by atoms with van der Waals surface area (Å²) in [5.41, 5.74) is 2.82. The van der Waals surface area contributed by atoms with Crippen molar-refractivity contribution in [1.82, 2.24) is 4.90 Å². The molecule has 0 saturated heterocycles. The lowest BCUT2D eigenvalue weighted by Crippen LogP contribution is -2.32. The van der Waals surface area contributed by atoms with Gasteiger partial charge in [-0.05, 0) is 24.1 Å². The fourth-order valence-electron chi connectivity index (χ4n) is 2.49. The molecule has 0 fully saturated rings. The smallest absolute Gasteiger partial charge is 0.305 e. The van der Waals surface area contributed by atoms with Crippen LogP contribution < -0.4 is 0 Å². The van der Waals surface area contributed by atoms with Gasteiger partial charge in [0, 0.05) is 24.2 Å². The molecular weight excluding hydrogens is 326 g/mol. The minimum absolute atomic E-state index is 0.0552. The summed E-state index contributed by atoms with van der Waals surface area (Å²) in [6.07, 6.45) is -0.0552. The first-order chi connectivity index (χ1) is 11.4. The molecule has 24 heavy (non-hydrogen) atoms. The molecule has 5 heteroatoms. The van der Waals surface area contributed by atoms with Crippen LogP contribution in [0.1, 0.15) is 24.8 Å². The molecule has 0 aliphatic rings. The van der Waals surface area contributed by atoms with E-state index in [0.717, 1.165) is 16.7 Å². The highest BCUT2D eigenvalue weighted by Crippen LogP contribution is 2.29. The minimum atomic E-state index is -0.911. The molecule has 1 N–H and O–H groups in total. The molecule has 4 nitrogen and oxygen atoms in total. The van der Waals surface area contributed by atoms with Crippen LogP contribution in [-0.2, 0) is 9.59 Å². The second-order valence-corrected chi connectivity index (χ2v) is 6.13. The van der Waals surface area contributed by atoms with Gasteiger partial charge >= 0.3 is 5.97 Å². The maximum absolute atomic E-state index is 12.4. The number of nitrogens with zero attached hydrogens (tertiary/aromatic N) is 1. The highest BCUT2D eigenvalue weighted by atomic mass is 35.5. The molecule has 1 amide bonds. The number of hydrogen-bond acceptors (Lipinski definition) is 2. The summed E-state index contributed by atoms with van der Waals surface area (Å²) in [6, 6.07) is 15.3. The lowest BCUT2D eigenvalue weighted by Gasteiger charge is -2.21. The van der Waals surface area contributed by atoms with Gasteiger partial charge in [0.05, 0.1) is 12.3 Å². The van der Waals surface area contributed by atoms with Crippen LogP contribution in [0.15, 0.2) is 48.5 Å². The lowest BCUT2D eigenvalue weighted by atomic mass is 9.96. The van der Waals surface area contributed by atoms with Crippen molar-refractivity contribution in [3.8, 4) is 11.1 Å². The first kappa shape index (κ1) is 18.0. The van der Waals surface area contributed by atoms with Gasteiger partial charge in [0.25, 0.3) is 0 Å². The van der Waals surface area contributed by atoms with E-state index in [0.29, 0.717) is 5.02 Å². The number of halogens is 1. The molecule has 0 aromatic heterocycles. The number of aliphatic carboxylic acids is 1. The average molecular weight is 346 g/mol. The number of amides is 1. The Morgan fingerprint density at radius 3 is 2.33 bits per heavy atom. The zero-order chi connectivity index (χ0) is 17.7. The Morgan fingerprint density at radius 1 is 1.12 bits per heavy atom.